The summed E-state index contributed by atoms with van der Waals surface area (Å²) in [6, 6.07) is 8.68. The van der Waals surface area contributed by atoms with Crippen LogP contribution in [0, 0.1) is 0 Å². The van der Waals surface area contributed by atoms with Crippen LogP contribution in [0.25, 0.3) is 0 Å². The van der Waals surface area contributed by atoms with Crippen LogP contribution in [0.3, 0.4) is 0 Å². The van der Waals surface area contributed by atoms with Gasteiger partial charge in [-0.05, 0) is 25.1 Å². The maximum atomic E-state index is 11.5. The van der Waals surface area contributed by atoms with Gasteiger partial charge >= 0.3 is 0 Å². The average molecular weight is 247 g/mol. The zero-order valence-corrected chi connectivity index (χ0v) is 11.1. The van der Waals surface area contributed by atoms with Crippen molar-refractivity contribution in [2.75, 3.05) is 31.6 Å². The summed E-state index contributed by atoms with van der Waals surface area (Å²) in [4.78, 5) is 13.7. The number of rotatable bonds is 4. The average Bonchev–Trinajstić information content (AvgIpc) is 2.41. The predicted molar refractivity (Wildman–Crippen MR) is 73.8 cm³/mol. The summed E-state index contributed by atoms with van der Waals surface area (Å²) in [7, 11) is 1.98. The SMILES string of the molecule is CCC(NC)c1ccccc1N1CCNC(=O)C1. The number of carbonyl (C=O) groups excluding carboxylic acids is 1. The fourth-order valence-corrected chi connectivity index (χ4v) is 2.49. The molecule has 1 saturated heterocycles. The highest BCUT2D eigenvalue weighted by atomic mass is 16.2. The van der Waals surface area contributed by atoms with Crippen LogP contribution in [0.5, 0.6) is 0 Å². The Hall–Kier alpha value is -1.55. The zero-order valence-electron chi connectivity index (χ0n) is 11.1. The molecule has 1 amide bonds. The van der Waals surface area contributed by atoms with E-state index in [2.05, 4.69) is 40.7 Å². The van der Waals surface area contributed by atoms with E-state index < -0.39 is 0 Å². The molecule has 18 heavy (non-hydrogen) atoms. The molecule has 1 aliphatic rings. The van der Waals surface area contributed by atoms with Gasteiger partial charge in [0.1, 0.15) is 0 Å². The van der Waals surface area contributed by atoms with Crippen LogP contribution in [-0.4, -0.2) is 32.6 Å². The van der Waals surface area contributed by atoms with Gasteiger partial charge in [-0.15, -0.1) is 0 Å². The zero-order chi connectivity index (χ0) is 13.0. The smallest absolute Gasteiger partial charge is 0.239 e. The first-order valence-electron chi connectivity index (χ1n) is 6.54. The number of benzene rings is 1. The van der Waals surface area contributed by atoms with Gasteiger partial charge in [0.25, 0.3) is 0 Å². The molecule has 98 valence electrons. The van der Waals surface area contributed by atoms with E-state index in [4.69, 9.17) is 0 Å². The molecular formula is C14H21N3O. The largest absolute Gasteiger partial charge is 0.360 e. The van der Waals surface area contributed by atoms with Gasteiger partial charge in [-0.3, -0.25) is 4.79 Å². The van der Waals surface area contributed by atoms with Gasteiger partial charge < -0.3 is 15.5 Å². The van der Waals surface area contributed by atoms with E-state index in [0.717, 1.165) is 19.5 Å². The number of hydrogen-bond acceptors (Lipinski definition) is 3. The number of nitrogens with one attached hydrogen (secondary N) is 2. The maximum absolute atomic E-state index is 11.5. The second kappa shape index (κ2) is 5.87. The van der Waals surface area contributed by atoms with Gasteiger partial charge in [0.05, 0.1) is 6.54 Å². The summed E-state index contributed by atoms with van der Waals surface area (Å²) < 4.78 is 0. The third-order valence-corrected chi connectivity index (χ3v) is 3.45. The highest BCUT2D eigenvalue weighted by Crippen LogP contribution is 2.28. The molecule has 4 heteroatoms. The van der Waals surface area contributed by atoms with Crippen molar-refractivity contribution in [1.29, 1.82) is 0 Å². The molecule has 1 fully saturated rings. The molecule has 2 N–H and O–H groups in total. The summed E-state index contributed by atoms with van der Waals surface area (Å²) in [5.74, 6) is 0.105. The Labute approximate surface area is 108 Å². The molecule has 0 aromatic heterocycles. The molecule has 1 unspecified atom stereocenters. The summed E-state index contributed by atoms with van der Waals surface area (Å²) in [5, 5.41) is 6.19. The first kappa shape index (κ1) is 12.9. The molecule has 2 rings (SSSR count). The van der Waals surface area contributed by atoms with Crippen molar-refractivity contribution < 1.29 is 4.79 Å². The molecule has 0 aliphatic carbocycles. The Kier molecular flexibility index (Phi) is 4.20. The highest BCUT2D eigenvalue weighted by molar-refractivity contribution is 5.83. The van der Waals surface area contributed by atoms with E-state index in [1.54, 1.807) is 0 Å². The molecule has 4 nitrogen and oxygen atoms in total. The number of amides is 1. The van der Waals surface area contributed by atoms with Crippen molar-refractivity contribution in [2.45, 2.75) is 19.4 Å². The van der Waals surface area contributed by atoms with E-state index in [9.17, 15) is 4.79 Å². The Morgan fingerprint density at radius 3 is 2.89 bits per heavy atom. The third kappa shape index (κ3) is 2.64. The Morgan fingerprint density at radius 2 is 2.22 bits per heavy atom. The predicted octanol–water partition coefficient (Wildman–Crippen LogP) is 1.29. The second-order valence-electron chi connectivity index (χ2n) is 4.58. The van der Waals surface area contributed by atoms with Crippen LogP contribution in [0.15, 0.2) is 24.3 Å². The van der Waals surface area contributed by atoms with E-state index in [1.165, 1.54) is 11.3 Å². The number of nitrogens with zero attached hydrogens (tertiary/aromatic N) is 1. The molecule has 1 heterocycles. The maximum Gasteiger partial charge on any atom is 0.239 e. The molecule has 0 saturated carbocycles. The summed E-state index contributed by atoms with van der Waals surface area (Å²) >= 11 is 0. The van der Waals surface area contributed by atoms with E-state index >= 15 is 0 Å². The van der Waals surface area contributed by atoms with Crippen molar-refractivity contribution in [3.63, 3.8) is 0 Å². The normalized spacial score (nSPS) is 17.4. The standard InChI is InChI=1S/C14H21N3O/c1-3-12(15-2)11-6-4-5-7-13(11)17-9-8-16-14(18)10-17/h4-7,12,15H,3,8-10H2,1-2H3,(H,16,18). The lowest BCUT2D eigenvalue weighted by Gasteiger charge is -2.32. The minimum atomic E-state index is 0.105. The molecular weight excluding hydrogens is 226 g/mol. The van der Waals surface area contributed by atoms with Gasteiger partial charge in [-0.2, -0.15) is 0 Å². The molecule has 1 aromatic rings. The number of anilines is 1. The van der Waals surface area contributed by atoms with Gasteiger partial charge in [-0.1, -0.05) is 25.1 Å². The van der Waals surface area contributed by atoms with E-state index in [-0.39, 0.29) is 5.91 Å². The third-order valence-electron chi connectivity index (χ3n) is 3.45. The molecule has 0 bridgehead atoms. The Balaban J connectivity index is 2.28. The summed E-state index contributed by atoms with van der Waals surface area (Å²) in [5.41, 5.74) is 2.45. The van der Waals surface area contributed by atoms with Gasteiger partial charge in [0.2, 0.25) is 5.91 Å². The van der Waals surface area contributed by atoms with Crippen molar-refractivity contribution in [1.82, 2.24) is 10.6 Å². The van der Waals surface area contributed by atoms with Gasteiger partial charge in [0, 0.05) is 24.8 Å². The lowest BCUT2D eigenvalue weighted by atomic mass is 10.0. The van der Waals surface area contributed by atoms with E-state index in [1.807, 2.05) is 13.1 Å². The van der Waals surface area contributed by atoms with Crippen LogP contribution in [-0.2, 0) is 4.79 Å². The second-order valence-corrected chi connectivity index (χ2v) is 4.58. The van der Waals surface area contributed by atoms with Crippen LogP contribution >= 0.6 is 0 Å². The minimum Gasteiger partial charge on any atom is -0.360 e. The fourth-order valence-electron chi connectivity index (χ4n) is 2.49. The Morgan fingerprint density at radius 1 is 1.44 bits per heavy atom. The number of carbonyl (C=O) groups is 1. The molecule has 1 aromatic carbocycles. The molecule has 0 spiro atoms. The molecule has 1 atom stereocenters. The first-order chi connectivity index (χ1) is 8.76. The lowest BCUT2D eigenvalue weighted by Crippen LogP contribution is -2.48. The number of piperazine rings is 1. The molecule has 0 radical (unpaired) electrons. The van der Waals surface area contributed by atoms with E-state index in [0.29, 0.717) is 12.6 Å². The van der Waals surface area contributed by atoms with Crippen LogP contribution in [0.2, 0.25) is 0 Å². The van der Waals surface area contributed by atoms with Crippen molar-refractivity contribution in [2.24, 2.45) is 0 Å². The number of hydrogen-bond donors (Lipinski definition) is 2. The van der Waals surface area contributed by atoms with Crippen molar-refractivity contribution in [3.8, 4) is 0 Å². The monoisotopic (exact) mass is 247 g/mol. The van der Waals surface area contributed by atoms with Crippen molar-refractivity contribution in [3.05, 3.63) is 29.8 Å². The topological polar surface area (TPSA) is 44.4 Å². The van der Waals surface area contributed by atoms with Crippen LogP contribution in [0.1, 0.15) is 24.9 Å². The Bertz CT molecular complexity index is 415. The lowest BCUT2D eigenvalue weighted by molar-refractivity contribution is -0.120. The molecule has 1 aliphatic heterocycles. The van der Waals surface area contributed by atoms with Crippen molar-refractivity contribution >= 4 is 11.6 Å². The number of para-hydroxylation sites is 1. The quantitative estimate of drug-likeness (QED) is 0.843. The summed E-state index contributed by atoms with van der Waals surface area (Å²) in [6.07, 6.45) is 1.04. The van der Waals surface area contributed by atoms with Crippen LogP contribution < -0.4 is 15.5 Å². The minimum absolute atomic E-state index is 0.105. The fraction of sp³-hybridized carbons (Fsp3) is 0.500. The first-order valence-corrected chi connectivity index (χ1v) is 6.54. The van der Waals surface area contributed by atoms with Gasteiger partial charge in [-0.25, -0.2) is 0 Å². The highest BCUT2D eigenvalue weighted by Gasteiger charge is 2.20. The summed E-state index contributed by atoms with van der Waals surface area (Å²) in [6.45, 7) is 4.23. The van der Waals surface area contributed by atoms with Gasteiger partial charge in [0.15, 0.2) is 0 Å². The van der Waals surface area contributed by atoms with Crippen LogP contribution in [0.4, 0.5) is 5.69 Å².